The van der Waals surface area contributed by atoms with Gasteiger partial charge in [-0.25, -0.2) is 0 Å². The summed E-state index contributed by atoms with van der Waals surface area (Å²) in [4.78, 5) is 35.0. The highest BCUT2D eigenvalue weighted by atomic mass is 35.5. The van der Waals surface area contributed by atoms with Crippen LogP contribution >= 0.6 is 11.6 Å². The van der Waals surface area contributed by atoms with Crippen molar-refractivity contribution in [3.05, 3.63) is 34.9 Å². The third-order valence-electron chi connectivity index (χ3n) is 3.44. The van der Waals surface area contributed by atoms with Crippen LogP contribution in [0.25, 0.3) is 0 Å². The van der Waals surface area contributed by atoms with E-state index in [1.54, 1.807) is 24.3 Å². The SMILES string of the molecule is CCCC(C)NC(=O)COC(=O)CCCNC(=O)c1ccc(Cl)cc1. The van der Waals surface area contributed by atoms with Crippen molar-refractivity contribution in [3.63, 3.8) is 0 Å². The van der Waals surface area contributed by atoms with Crippen molar-refractivity contribution in [1.82, 2.24) is 10.6 Å². The number of hydrogen-bond donors (Lipinski definition) is 2. The molecule has 0 aliphatic heterocycles. The molecule has 7 heteroatoms. The van der Waals surface area contributed by atoms with Crippen LogP contribution in [0.1, 0.15) is 49.9 Å². The van der Waals surface area contributed by atoms with Gasteiger partial charge in [-0.2, -0.15) is 0 Å². The molecule has 138 valence electrons. The van der Waals surface area contributed by atoms with Gasteiger partial charge in [-0.15, -0.1) is 0 Å². The summed E-state index contributed by atoms with van der Waals surface area (Å²) in [5.41, 5.74) is 0.504. The van der Waals surface area contributed by atoms with Crippen LogP contribution in [0.4, 0.5) is 0 Å². The van der Waals surface area contributed by atoms with Crippen LogP contribution in [-0.4, -0.2) is 37.0 Å². The maximum atomic E-state index is 11.8. The highest BCUT2D eigenvalue weighted by Crippen LogP contribution is 2.09. The Morgan fingerprint density at radius 3 is 2.52 bits per heavy atom. The van der Waals surface area contributed by atoms with E-state index in [2.05, 4.69) is 10.6 Å². The second kappa shape index (κ2) is 11.5. The molecular formula is C18H25ClN2O4. The van der Waals surface area contributed by atoms with E-state index in [9.17, 15) is 14.4 Å². The third-order valence-corrected chi connectivity index (χ3v) is 3.69. The zero-order chi connectivity index (χ0) is 18.7. The van der Waals surface area contributed by atoms with Crippen LogP contribution in [0.15, 0.2) is 24.3 Å². The first-order valence-electron chi connectivity index (χ1n) is 8.41. The minimum Gasteiger partial charge on any atom is -0.456 e. The number of ether oxygens (including phenoxy) is 1. The molecular weight excluding hydrogens is 344 g/mol. The van der Waals surface area contributed by atoms with Crippen LogP contribution < -0.4 is 10.6 Å². The Kier molecular flexibility index (Phi) is 9.62. The summed E-state index contributed by atoms with van der Waals surface area (Å²) in [5, 5.41) is 6.03. The van der Waals surface area contributed by atoms with Crippen molar-refractivity contribution >= 4 is 29.4 Å². The zero-order valence-electron chi connectivity index (χ0n) is 14.6. The van der Waals surface area contributed by atoms with E-state index in [-0.39, 0.29) is 30.9 Å². The Labute approximate surface area is 153 Å². The summed E-state index contributed by atoms with van der Waals surface area (Å²) in [7, 11) is 0. The molecule has 0 aliphatic rings. The van der Waals surface area contributed by atoms with Gasteiger partial charge in [-0.05, 0) is 44.0 Å². The van der Waals surface area contributed by atoms with Gasteiger partial charge in [0.25, 0.3) is 11.8 Å². The normalized spacial score (nSPS) is 11.5. The van der Waals surface area contributed by atoms with E-state index in [0.29, 0.717) is 23.6 Å². The minimum atomic E-state index is -0.459. The maximum absolute atomic E-state index is 11.8. The molecule has 1 atom stereocenters. The Morgan fingerprint density at radius 1 is 1.20 bits per heavy atom. The van der Waals surface area contributed by atoms with Gasteiger partial charge in [0, 0.05) is 29.6 Å². The van der Waals surface area contributed by atoms with Crippen molar-refractivity contribution in [2.24, 2.45) is 0 Å². The third kappa shape index (κ3) is 9.10. The molecule has 0 bridgehead atoms. The first kappa shape index (κ1) is 21.0. The topological polar surface area (TPSA) is 84.5 Å². The molecule has 25 heavy (non-hydrogen) atoms. The Balaban J connectivity index is 2.15. The Bertz CT molecular complexity index is 575. The second-order valence-corrected chi connectivity index (χ2v) is 6.22. The van der Waals surface area contributed by atoms with Crippen molar-refractivity contribution in [2.75, 3.05) is 13.2 Å². The number of amides is 2. The highest BCUT2D eigenvalue weighted by Gasteiger charge is 2.10. The molecule has 0 saturated heterocycles. The molecule has 0 fully saturated rings. The number of carbonyl (C=O) groups excluding carboxylic acids is 3. The summed E-state index contributed by atoms with van der Waals surface area (Å²) in [6.07, 6.45) is 2.43. The quantitative estimate of drug-likeness (QED) is 0.491. The van der Waals surface area contributed by atoms with Gasteiger partial charge in [0.15, 0.2) is 6.61 Å². The number of rotatable bonds is 10. The van der Waals surface area contributed by atoms with E-state index >= 15 is 0 Å². The van der Waals surface area contributed by atoms with E-state index < -0.39 is 5.97 Å². The fourth-order valence-corrected chi connectivity index (χ4v) is 2.30. The summed E-state index contributed by atoms with van der Waals surface area (Å²) < 4.78 is 4.91. The Morgan fingerprint density at radius 2 is 1.88 bits per heavy atom. The lowest BCUT2D eigenvalue weighted by atomic mass is 10.2. The monoisotopic (exact) mass is 368 g/mol. The molecule has 0 saturated carbocycles. The highest BCUT2D eigenvalue weighted by molar-refractivity contribution is 6.30. The molecule has 0 heterocycles. The van der Waals surface area contributed by atoms with Gasteiger partial charge >= 0.3 is 5.97 Å². The van der Waals surface area contributed by atoms with Gasteiger partial charge in [0.05, 0.1) is 0 Å². The molecule has 0 aliphatic carbocycles. The van der Waals surface area contributed by atoms with Gasteiger partial charge in [-0.3, -0.25) is 14.4 Å². The van der Waals surface area contributed by atoms with E-state index in [0.717, 1.165) is 12.8 Å². The lowest BCUT2D eigenvalue weighted by molar-refractivity contribution is -0.148. The summed E-state index contributed by atoms with van der Waals surface area (Å²) >= 11 is 5.76. The number of halogens is 1. The smallest absolute Gasteiger partial charge is 0.306 e. The molecule has 2 N–H and O–H groups in total. The van der Waals surface area contributed by atoms with E-state index in [4.69, 9.17) is 16.3 Å². The van der Waals surface area contributed by atoms with Gasteiger partial charge in [0.2, 0.25) is 0 Å². The number of esters is 1. The van der Waals surface area contributed by atoms with Crippen LogP contribution in [0, 0.1) is 0 Å². The zero-order valence-corrected chi connectivity index (χ0v) is 15.4. The average molecular weight is 369 g/mol. The van der Waals surface area contributed by atoms with Crippen LogP contribution in [-0.2, 0) is 14.3 Å². The number of carbonyl (C=O) groups is 3. The van der Waals surface area contributed by atoms with Crippen molar-refractivity contribution < 1.29 is 19.1 Å². The van der Waals surface area contributed by atoms with Gasteiger partial charge in [-0.1, -0.05) is 24.9 Å². The first-order valence-corrected chi connectivity index (χ1v) is 8.79. The predicted octanol–water partition coefficient (Wildman–Crippen LogP) is 2.70. The maximum Gasteiger partial charge on any atom is 0.306 e. The van der Waals surface area contributed by atoms with Gasteiger partial charge < -0.3 is 15.4 Å². The van der Waals surface area contributed by atoms with Crippen LogP contribution in [0.5, 0.6) is 0 Å². The average Bonchev–Trinajstić information content (AvgIpc) is 2.57. The van der Waals surface area contributed by atoms with Gasteiger partial charge in [0.1, 0.15) is 0 Å². The molecule has 0 spiro atoms. The summed E-state index contributed by atoms with van der Waals surface area (Å²) in [6.45, 7) is 4.02. The van der Waals surface area contributed by atoms with Crippen molar-refractivity contribution in [3.8, 4) is 0 Å². The second-order valence-electron chi connectivity index (χ2n) is 5.78. The van der Waals surface area contributed by atoms with Crippen molar-refractivity contribution in [1.29, 1.82) is 0 Å². The molecule has 6 nitrogen and oxygen atoms in total. The van der Waals surface area contributed by atoms with Crippen molar-refractivity contribution in [2.45, 2.75) is 45.6 Å². The molecule has 1 unspecified atom stereocenters. The summed E-state index contributed by atoms with van der Waals surface area (Å²) in [6, 6.07) is 6.61. The number of hydrogen-bond acceptors (Lipinski definition) is 4. The van der Waals surface area contributed by atoms with Crippen LogP contribution in [0.2, 0.25) is 5.02 Å². The molecule has 1 rings (SSSR count). The predicted molar refractivity (Wildman–Crippen MR) is 96.5 cm³/mol. The number of nitrogens with one attached hydrogen (secondary N) is 2. The lowest BCUT2D eigenvalue weighted by Gasteiger charge is -2.12. The minimum absolute atomic E-state index is 0.0688. The summed E-state index contributed by atoms with van der Waals surface area (Å²) in [5.74, 6) is -0.987. The fourth-order valence-electron chi connectivity index (χ4n) is 2.18. The fraction of sp³-hybridized carbons (Fsp3) is 0.500. The molecule has 1 aromatic rings. The molecule has 2 amide bonds. The van der Waals surface area contributed by atoms with Crippen LogP contribution in [0.3, 0.4) is 0 Å². The first-order chi connectivity index (χ1) is 11.9. The Hall–Kier alpha value is -2.08. The molecule has 0 aromatic heterocycles. The standard InChI is InChI=1S/C18H25ClN2O4/c1-3-5-13(2)21-16(22)12-25-17(23)6-4-11-20-18(24)14-7-9-15(19)10-8-14/h7-10,13H,3-6,11-12H2,1-2H3,(H,20,24)(H,21,22). The number of benzene rings is 1. The van der Waals surface area contributed by atoms with E-state index in [1.807, 2.05) is 13.8 Å². The van der Waals surface area contributed by atoms with E-state index in [1.165, 1.54) is 0 Å². The largest absolute Gasteiger partial charge is 0.456 e. The molecule has 0 radical (unpaired) electrons. The lowest BCUT2D eigenvalue weighted by Crippen LogP contribution is -2.35. The molecule has 1 aromatic carbocycles.